The van der Waals surface area contributed by atoms with Gasteiger partial charge in [0.2, 0.25) is 0 Å². The maximum Gasteiger partial charge on any atom is 0.0459 e. The molecule has 1 saturated carbocycles. The highest BCUT2D eigenvalue weighted by Crippen LogP contribution is 2.49. The molecule has 2 nitrogen and oxygen atoms in total. The van der Waals surface area contributed by atoms with Crippen molar-refractivity contribution in [2.75, 3.05) is 13.1 Å². The number of benzene rings is 1. The number of fused-ring (bicyclic) bond motifs is 4. The van der Waals surface area contributed by atoms with Gasteiger partial charge in [0.1, 0.15) is 0 Å². The second-order valence-electron chi connectivity index (χ2n) is 7.53. The Hall–Kier alpha value is -1.54. The number of aryl methyl sites for hydroxylation is 1. The summed E-state index contributed by atoms with van der Waals surface area (Å²) in [6.07, 6.45) is 6.31. The van der Waals surface area contributed by atoms with Gasteiger partial charge in [-0.15, -0.1) is 0 Å². The molecule has 3 fully saturated rings. The van der Waals surface area contributed by atoms with E-state index in [1.807, 2.05) is 0 Å². The van der Waals surface area contributed by atoms with Crippen LogP contribution >= 0.6 is 0 Å². The molecule has 4 bridgehead atoms. The van der Waals surface area contributed by atoms with Crippen molar-refractivity contribution in [1.29, 1.82) is 0 Å². The van der Waals surface area contributed by atoms with Crippen LogP contribution < -0.4 is 0 Å². The Morgan fingerprint density at radius 1 is 1.32 bits per heavy atom. The van der Waals surface area contributed by atoms with Crippen LogP contribution in [0.15, 0.2) is 29.8 Å². The number of rotatable bonds is 0. The molecule has 2 aromatic rings. The van der Waals surface area contributed by atoms with Gasteiger partial charge in [0.05, 0.1) is 0 Å². The highest BCUT2D eigenvalue weighted by Gasteiger charge is 2.46. The van der Waals surface area contributed by atoms with Crippen molar-refractivity contribution >= 4 is 10.9 Å². The fourth-order valence-corrected chi connectivity index (χ4v) is 5.38. The van der Waals surface area contributed by atoms with Gasteiger partial charge in [0.25, 0.3) is 0 Å². The average molecular weight is 292 g/mol. The van der Waals surface area contributed by atoms with E-state index in [4.69, 9.17) is 0 Å². The number of aromatic nitrogens is 1. The molecule has 0 radical (unpaired) electrons. The summed E-state index contributed by atoms with van der Waals surface area (Å²) >= 11 is 0. The van der Waals surface area contributed by atoms with E-state index in [1.165, 1.54) is 48.8 Å². The topological polar surface area (TPSA) is 19.0 Å². The summed E-state index contributed by atoms with van der Waals surface area (Å²) < 4.78 is 0. The highest BCUT2D eigenvalue weighted by atomic mass is 15.2. The van der Waals surface area contributed by atoms with E-state index in [9.17, 15) is 0 Å². The van der Waals surface area contributed by atoms with Crippen LogP contribution in [0.25, 0.3) is 10.9 Å². The third kappa shape index (κ3) is 1.65. The molecule has 1 aliphatic carbocycles. The standard InChI is InChI=1S/C20H24N2/c1-3-14-9-13-10-17-19-15(6-7-22(11-13)20(14)17)16-8-12(2)4-5-18(16)21-19/h3-5,8,13,17,20-21H,6-7,9-11H2,1-2H3/b14-3+. The maximum absolute atomic E-state index is 3.81. The van der Waals surface area contributed by atoms with Gasteiger partial charge in [-0.25, -0.2) is 0 Å². The lowest BCUT2D eigenvalue weighted by Gasteiger charge is -2.50. The summed E-state index contributed by atoms with van der Waals surface area (Å²) in [4.78, 5) is 6.59. The fourth-order valence-electron chi connectivity index (χ4n) is 5.38. The van der Waals surface area contributed by atoms with Crippen LogP contribution in [0.2, 0.25) is 0 Å². The molecular weight excluding hydrogens is 268 g/mol. The number of allylic oxidation sites excluding steroid dienone is 1. The van der Waals surface area contributed by atoms with Crippen LogP contribution in [0, 0.1) is 12.8 Å². The average Bonchev–Trinajstić information content (AvgIpc) is 2.85. The van der Waals surface area contributed by atoms with Crippen molar-refractivity contribution in [3.63, 3.8) is 0 Å². The molecule has 4 unspecified atom stereocenters. The molecule has 0 amide bonds. The first kappa shape index (κ1) is 13.0. The summed E-state index contributed by atoms with van der Waals surface area (Å²) in [5.41, 5.74) is 7.56. The van der Waals surface area contributed by atoms with Crippen LogP contribution in [-0.4, -0.2) is 29.0 Å². The van der Waals surface area contributed by atoms with Gasteiger partial charge in [-0.1, -0.05) is 23.3 Å². The lowest BCUT2D eigenvalue weighted by molar-refractivity contribution is 0.0758. The van der Waals surface area contributed by atoms with Crippen LogP contribution in [0.3, 0.4) is 0 Å². The molecule has 1 aromatic carbocycles. The largest absolute Gasteiger partial charge is 0.358 e. The molecule has 1 aromatic heterocycles. The van der Waals surface area contributed by atoms with E-state index < -0.39 is 0 Å². The Labute approximate surface area is 132 Å². The smallest absolute Gasteiger partial charge is 0.0459 e. The van der Waals surface area contributed by atoms with Crippen LogP contribution in [0.1, 0.15) is 42.5 Å². The first-order chi connectivity index (χ1) is 10.7. The third-order valence-corrected chi connectivity index (χ3v) is 6.24. The molecular formula is C20H24N2. The highest BCUT2D eigenvalue weighted by molar-refractivity contribution is 5.86. The van der Waals surface area contributed by atoms with E-state index in [2.05, 4.69) is 48.0 Å². The molecule has 2 saturated heterocycles. The molecule has 22 heavy (non-hydrogen) atoms. The minimum absolute atomic E-state index is 0.658. The van der Waals surface area contributed by atoms with E-state index >= 15 is 0 Å². The molecule has 4 aliphatic rings. The van der Waals surface area contributed by atoms with Crippen molar-refractivity contribution < 1.29 is 0 Å². The monoisotopic (exact) mass is 292 g/mol. The van der Waals surface area contributed by atoms with E-state index in [0.29, 0.717) is 12.0 Å². The quantitative estimate of drug-likeness (QED) is 0.723. The molecule has 6 rings (SSSR count). The summed E-state index contributed by atoms with van der Waals surface area (Å²) in [7, 11) is 0. The normalized spacial score (nSPS) is 34.9. The van der Waals surface area contributed by atoms with Gasteiger partial charge in [0, 0.05) is 41.6 Å². The van der Waals surface area contributed by atoms with Crippen molar-refractivity contribution in [1.82, 2.24) is 9.88 Å². The number of hydrogen-bond donors (Lipinski definition) is 1. The summed E-state index contributed by atoms with van der Waals surface area (Å²) in [6, 6.07) is 7.54. The molecule has 1 N–H and O–H groups in total. The van der Waals surface area contributed by atoms with Gasteiger partial charge in [-0.05, 0) is 56.7 Å². The van der Waals surface area contributed by atoms with E-state index in [0.717, 1.165) is 5.92 Å². The number of hydrogen-bond acceptors (Lipinski definition) is 1. The molecule has 3 aliphatic heterocycles. The summed E-state index contributed by atoms with van der Waals surface area (Å²) in [6.45, 7) is 6.98. The maximum atomic E-state index is 3.81. The van der Waals surface area contributed by atoms with Gasteiger partial charge in [-0.2, -0.15) is 0 Å². The number of nitrogens with zero attached hydrogens (tertiary/aromatic N) is 1. The zero-order chi connectivity index (χ0) is 14.8. The zero-order valence-corrected chi connectivity index (χ0v) is 13.5. The third-order valence-electron chi connectivity index (χ3n) is 6.24. The van der Waals surface area contributed by atoms with E-state index in [-0.39, 0.29) is 0 Å². The molecule has 114 valence electrons. The number of H-pyrrole nitrogens is 1. The van der Waals surface area contributed by atoms with Crippen LogP contribution in [0.5, 0.6) is 0 Å². The van der Waals surface area contributed by atoms with Crippen molar-refractivity contribution in [3.8, 4) is 0 Å². The fraction of sp³-hybridized carbons (Fsp3) is 0.500. The number of piperidine rings is 2. The predicted octanol–water partition coefficient (Wildman–Crippen LogP) is 4.16. The molecule has 4 heterocycles. The van der Waals surface area contributed by atoms with Gasteiger partial charge in [0.15, 0.2) is 0 Å². The van der Waals surface area contributed by atoms with Gasteiger partial charge in [-0.3, -0.25) is 4.90 Å². The Bertz CT molecular complexity index is 782. The van der Waals surface area contributed by atoms with Gasteiger partial charge < -0.3 is 4.98 Å². The van der Waals surface area contributed by atoms with Gasteiger partial charge >= 0.3 is 0 Å². The number of aromatic amines is 1. The van der Waals surface area contributed by atoms with E-state index in [1.54, 1.807) is 16.8 Å². The number of nitrogens with one attached hydrogen (secondary N) is 1. The van der Waals surface area contributed by atoms with Crippen LogP contribution in [-0.2, 0) is 6.42 Å². The minimum atomic E-state index is 0.658. The Kier molecular flexibility index (Phi) is 2.64. The second kappa shape index (κ2) is 4.48. The first-order valence-electron chi connectivity index (χ1n) is 8.75. The lowest BCUT2D eigenvalue weighted by Crippen LogP contribution is -2.52. The molecule has 4 atom stereocenters. The van der Waals surface area contributed by atoms with Crippen LogP contribution in [0.4, 0.5) is 0 Å². The predicted molar refractivity (Wildman–Crippen MR) is 91.3 cm³/mol. The first-order valence-corrected chi connectivity index (χ1v) is 8.75. The van der Waals surface area contributed by atoms with Crippen molar-refractivity contribution in [3.05, 3.63) is 46.7 Å². The Morgan fingerprint density at radius 3 is 3.09 bits per heavy atom. The second-order valence-corrected chi connectivity index (χ2v) is 7.53. The summed E-state index contributed by atoms with van der Waals surface area (Å²) in [5, 5.41) is 1.47. The Balaban J connectivity index is 1.72. The Morgan fingerprint density at radius 2 is 2.23 bits per heavy atom. The minimum Gasteiger partial charge on any atom is -0.358 e. The lowest BCUT2D eigenvalue weighted by atomic mass is 9.69. The zero-order valence-electron chi connectivity index (χ0n) is 13.5. The van der Waals surface area contributed by atoms with Crippen molar-refractivity contribution in [2.45, 2.75) is 45.1 Å². The molecule has 0 spiro atoms. The van der Waals surface area contributed by atoms with Crippen molar-refractivity contribution in [2.24, 2.45) is 5.92 Å². The summed E-state index contributed by atoms with van der Waals surface area (Å²) in [5.74, 6) is 1.55. The SMILES string of the molecule is C/C=C1\CC2CC3c4[nH]c5ccc(C)cc5c4CCN(C2)C13. The molecule has 2 heteroatoms.